The fourth-order valence-corrected chi connectivity index (χ4v) is 1.42. The van der Waals surface area contributed by atoms with E-state index in [1.54, 1.807) is 6.07 Å². The van der Waals surface area contributed by atoms with Crippen LogP contribution in [0.25, 0.3) is 0 Å². The highest BCUT2D eigenvalue weighted by Crippen LogP contribution is 2.07. The summed E-state index contributed by atoms with van der Waals surface area (Å²) in [4.78, 5) is 0. The molecule has 4 nitrogen and oxygen atoms in total. The van der Waals surface area contributed by atoms with Gasteiger partial charge in [-0.05, 0) is 11.8 Å². The monoisotopic (exact) mass is 204 g/mol. The summed E-state index contributed by atoms with van der Waals surface area (Å²) in [5.74, 6) is 0.260. The number of nitrogens with zero attached hydrogens (tertiary/aromatic N) is 1. The van der Waals surface area contributed by atoms with Crippen molar-refractivity contribution in [3.05, 3.63) is 0 Å². The van der Waals surface area contributed by atoms with Crippen LogP contribution in [0, 0.1) is 23.2 Å². The predicted octanol–water partition coefficient (Wildman–Crippen LogP) is 0.721. The van der Waals surface area contributed by atoms with Crippen LogP contribution in [0.3, 0.4) is 0 Å². The van der Waals surface area contributed by atoms with E-state index in [9.17, 15) is 8.42 Å². The van der Waals surface area contributed by atoms with Gasteiger partial charge in [0, 0.05) is 6.54 Å². The second kappa shape index (κ2) is 5.20. The first-order chi connectivity index (χ1) is 5.89. The molecule has 0 aliphatic carbocycles. The van der Waals surface area contributed by atoms with Crippen LogP contribution in [0.1, 0.15) is 20.8 Å². The van der Waals surface area contributed by atoms with Gasteiger partial charge in [0.25, 0.3) is 0 Å². The Morgan fingerprint density at radius 3 is 2.31 bits per heavy atom. The molecule has 0 spiro atoms. The zero-order valence-corrected chi connectivity index (χ0v) is 9.06. The molecule has 0 radical (unpaired) electrons. The van der Waals surface area contributed by atoms with Crippen molar-refractivity contribution in [2.75, 3.05) is 12.3 Å². The van der Waals surface area contributed by atoms with Crippen LogP contribution in [-0.4, -0.2) is 20.7 Å². The summed E-state index contributed by atoms with van der Waals surface area (Å²) in [5.41, 5.74) is 0. The molecule has 0 aromatic carbocycles. The molecule has 76 valence electrons. The first-order valence-corrected chi connectivity index (χ1v) is 5.88. The van der Waals surface area contributed by atoms with Crippen molar-refractivity contribution in [1.29, 1.82) is 5.26 Å². The number of hydrogen-bond donors (Lipinski definition) is 1. The van der Waals surface area contributed by atoms with Crippen molar-refractivity contribution in [3.63, 3.8) is 0 Å². The van der Waals surface area contributed by atoms with E-state index in [-0.39, 0.29) is 5.92 Å². The Balaban J connectivity index is 3.97. The third-order valence-electron chi connectivity index (χ3n) is 2.02. The van der Waals surface area contributed by atoms with Gasteiger partial charge >= 0.3 is 0 Å². The van der Waals surface area contributed by atoms with Gasteiger partial charge in [0.15, 0.2) is 5.75 Å². The molecule has 0 aromatic heterocycles. The summed E-state index contributed by atoms with van der Waals surface area (Å²) in [7, 11) is -3.37. The smallest absolute Gasteiger partial charge is 0.214 e. The molecule has 0 heterocycles. The van der Waals surface area contributed by atoms with Gasteiger partial charge in [-0.2, -0.15) is 5.26 Å². The third kappa shape index (κ3) is 5.61. The van der Waals surface area contributed by atoms with Crippen LogP contribution in [0.15, 0.2) is 0 Å². The minimum atomic E-state index is -3.37. The second-order valence-corrected chi connectivity index (χ2v) is 5.29. The van der Waals surface area contributed by atoms with Crippen LogP contribution in [0.2, 0.25) is 0 Å². The standard InChI is InChI=1S/C8H16N2O2S/c1-7(2)8(3)6-10-13(11,12)5-4-9/h7-8,10H,5-6H2,1-3H3. The Morgan fingerprint density at radius 1 is 1.38 bits per heavy atom. The summed E-state index contributed by atoms with van der Waals surface area (Å²) in [6.45, 7) is 6.44. The average molecular weight is 204 g/mol. The van der Waals surface area contributed by atoms with Gasteiger partial charge in [0.2, 0.25) is 10.0 Å². The summed E-state index contributed by atoms with van der Waals surface area (Å²) in [6.07, 6.45) is 0. The molecular formula is C8H16N2O2S. The highest BCUT2D eigenvalue weighted by molar-refractivity contribution is 7.89. The lowest BCUT2D eigenvalue weighted by molar-refractivity contribution is 0.415. The Labute approximate surface area is 80.0 Å². The minimum Gasteiger partial charge on any atom is -0.214 e. The molecule has 0 amide bonds. The fourth-order valence-electron chi connectivity index (χ4n) is 0.630. The summed E-state index contributed by atoms with van der Waals surface area (Å²) >= 11 is 0. The van der Waals surface area contributed by atoms with Crippen molar-refractivity contribution in [1.82, 2.24) is 4.72 Å². The molecule has 1 atom stereocenters. The van der Waals surface area contributed by atoms with E-state index in [2.05, 4.69) is 4.72 Å². The fraction of sp³-hybridized carbons (Fsp3) is 0.875. The summed E-state index contributed by atoms with van der Waals surface area (Å²) in [5, 5.41) is 8.21. The minimum absolute atomic E-state index is 0.286. The number of hydrogen-bond acceptors (Lipinski definition) is 3. The molecule has 0 aliphatic rings. The van der Waals surface area contributed by atoms with Crippen molar-refractivity contribution in [2.45, 2.75) is 20.8 Å². The number of sulfonamides is 1. The maximum Gasteiger partial charge on any atom is 0.225 e. The molecule has 0 saturated carbocycles. The molecule has 0 bridgehead atoms. The number of nitriles is 1. The van der Waals surface area contributed by atoms with E-state index in [1.807, 2.05) is 20.8 Å². The lowest BCUT2D eigenvalue weighted by Crippen LogP contribution is -2.31. The first-order valence-electron chi connectivity index (χ1n) is 4.23. The second-order valence-electron chi connectivity index (χ2n) is 3.49. The van der Waals surface area contributed by atoms with Crippen LogP contribution in [-0.2, 0) is 10.0 Å². The molecule has 0 rings (SSSR count). The van der Waals surface area contributed by atoms with E-state index < -0.39 is 15.8 Å². The molecule has 0 aliphatic heterocycles. The van der Waals surface area contributed by atoms with E-state index in [0.29, 0.717) is 12.5 Å². The Kier molecular flexibility index (Phi) is 4.96. The maximum atomic E-state index is 11.0. The van der Waals surface area contributed by atoms with Gasteiger partial charge < -0.3 is 0 Å². The molecular weight excluding hydrogens is 188 g/mol. The van der Waals surface area contributed by atoms with E-state index in [0.717, 1.165) is 0 Å². The zero-order chi connectivity index (χ0) is 10.5. The van der Waals surface area contributed by atoms with Crippen molar-refractivity contribution in [3.8, 4) is 6.07 Å². The Hall–Kier alpha value is -0.600. The molecule has 0 fully saturated rings. The number of rotatable bonds is 5. The van der Waals surface area contributed by atoms with E-state index in [1.165, 1.54) is 0 Å². The van der Waals surface area contributed by atoms with Crippen molar-refractivity contribution < 1.29 is 8.42 Å². The van der Waals surface area contributed by atoms with Gasteiger partial charge in [0.1, 0.15) is 0 Å². The highest BCUT2D eigenvalue weighted by Gasteiger charge is 2.12. The Morgan fingerprint density at radius 2 is 1.92 bits per heavy atom. The van der Waals surface area contributed by atoms with Gasteiger partial charge in [-0.3, -0.25) is 0 Å². The van der Waals surface area contributed by atoms with Gasteiger partial charge in [0.05, 0.1) is 6.07 Å². The third-order valence-corrected chi connectivity index (χ3v) is 3.13. The lowest BCUT2D eigenvalue weighted by atomic mass is 9.99. The molecule has 13 heavy (non-hydrogen) atoms. The van der Waals surface area contributed by atoms with Crippen LogP contribution in [0.5, 0.6) is 0 Å². The molecule has 1 unspecified atom stereocenters. The van der Waals surface area contributed by atoms with E-state index >= 15 is 0 Å². The normalized spacial score (nSPS) is 14.1. The maximum absolute atomic E-state index is 11.0. The lowest BCUT2D eigenvalue weighted by Gasteiger charge is -2.15. The van der Waals surface area contributed by atoms with Crippen molar-refractivity contribution in [2.24, 2.45) is 11.8 Å². The quantitative estimate of drug-likeness (QED) is 0.717. The number of nitrogens with one attached hydrogen (secondary N) is 1. The summed E-state index contributed by atoms with van der Waals surface area (Å²) in [6, 6.07) is 1.61. The van der Waals surface area contributed by atoms with Gasteiger partial charge in [-0.15, -0.1) is 0 Å². The van der Waals surface area contributed by atoms with Gasteiger partial charge in [-0.1, -0.05) is 20.8 Å². The average Bonchev–Trinajstić information content (AvgIpc) is 2.00. The van der Waals surface area contributed by atoms with Gasteiger partial charge in [-0.25, -0.2) is 13.1 Å². The summed E-state index contributed by atoms with van der Waals surface area (Å²) < 4.78 is 24.4. The highest BCUT2D eigenvalue weighted by atomic mass is 32.2. The van der Waals surface area contributed by atoms with Crippen LogP contribution >= 0.6 is 0 Å². The molecule has 1 N–H and O–H groups in total. The zero-order valence-electron chi connectivity index (χ0n) is 8.24. The van der Waals surface area contributed by atoms with Crippen LogP contribution in [0.4, 0.5) is 0 Å². The predicted molar refractivity (Wildman–Crippen MR) is 51.4 cm³/mol. The molecule has 5 heteroatoms. The largest absolute Gasteiger partial charge is 0.225 e. The van der Waals surface area contributed by atoms with Crippen LogP contribution < -0.4 is 4.72 Å². The Bertz CT molecular complexity index is 277. The molecule has 0 saturated heterocycles. The first kappa shape index (κ1) is 12.4. The topological polar surface area (TPSA) is 70.0 Å². The van der Waals surface area contributed by atoms with Crippen molar-refractivity contribution >= 4 is 10.0 Å². The SMILES string of the molecule is CC(C)C(C)CNS(=O)(=O)CC#N. The molecule has 0 aromatic rings. The van der Waals surface area contributed by atoms with E-state index in [4.69, 9.17) is 5.26 Å².